The Bertz CT molecular complexity index is 938. The van der Waals surface area contributed by atoms with Crippen molar-refractivity contribution in [2.75, 3.05) is 13.2 Å². The maximum Gasteiger partial charge on any atom is 0.260 e. The van der Waals surface area contributed by atoms with Crippen molar-refractivity contribution in [2.24, 2.45) is 0 Å². The molecule has 1 amide bonds. The number of hydrogen-bond donors (Lipinski definition) is 0. The predicted octanol–water partition coefficient (Wildman–Crippen LogP) is 5.66. The number of ether oxygens (including phenoxy) is 1. The number of amides is 1. The summed E-state index contributed by atoms with van der Waals surface area (Å²) in [4.78, 5) is 14.6. The number of hydrogen-bond acceptors (Lipinski definition) is 2. The molecule has 0 aliphatic rings. The highest BCUT2D eigenvalue weighted by Gasteiger charge is 2.16. The fourth-order valence-corrected chi connectivity index (χ4v) is 3.44. The number of carbonyl (C=O) groups excluding carboxylic acids is 1. The Morgan fingerprint density at radius 1 is 1.03 bits per heavy atom. The van der Waals surface area contributed by atoms with Gasteiger partial charge in [0.2, 0.25) is 0 Å². The van der Waals surface area contributed by atoms with Gasteiger partial charge in [-0.3, -0.25) is 4.79 Å². The topological polar surface area (TPSA) is 34.5 Å². The highest BCUT2D eigenvalue weighted by atomic mass is 35.5. The quantitative estimate of drug-likeness (QED) is 0.438. The summed E-state index contributed by atoms with van der Waals surface area (Å²) < 4.78 is 7.78. The minimum absolute atomic E-state index is 0.00334. The summed E-state index contributed by atoms with van der Waals surface area (Å²) in [5.74, 6) is 0.584. The van der Waals surface area contributed by atoms with Crippen LogP contribution in [0.3, 0.4) is 0 Å². The molecule has 4 nitrogen and oxygen atoms in total. The number of aromatic nitrogens is 1. The Balaban J connectivity index is 1.64. The molecular formula is C23H24Cl2N2O2. The van der Waals surface area contributed by atoms with Crippen molar-refractivity contribution < 1.29 is 9.53 Å². The molecule has 0 saturated heterocycles. The summed E-state index contributed by atoms with van der Waals surface area (Å²) in [6.07, 6.45) is 2.90. The molecule has 0 fully saturated rings. The molecule has 2 aromatic carbocycles. The zero-order valence-electron chi connectivity index (χ0n) is 16.4. The van der Waals surface area contributed by atoms with Gasteiger partial charge < -0.3 is 14.2 Å². The number of halogens is 2. The lowest BCUT2D eigenvalue weighted by Gasteiger charge is -2.23. The van der Waals surface area contributed by atoms with Crippen molar-refractivity contribution in [1.29, 1.82) is 0 Å². The molecule has 3 aromatic rings. The zero-order chi connectivity index (χ0) is 20.6. The number of nitrogens with zero attached hydrogens (tertiary/aromatic N) is 2. The first-order valence-corrected chi connectivity index (χ1v) is 10.4. The second-order valence-electron chi connectivity index (χ2n) is 6.82. The average molecular weight is 431 g/mol. The zero-order valence-corrected chi connectivity index (χ0v) is 17.9. The van der Waals surface area contributed by atoms with Crippen LogP contribution < -0.4 is 4.74 Å². The van der Waals surface area contributed by atoms with Gasteiger partial charge in [0.15, 0.2) is 6.61 Å². The Morgan fingerprint density at radius 2 is 1.83 bits per heavy atom. The molecule has 0 spiro atoms. The van der Waals surface area contributed by atoms with Gasteiger partial charge in [-0.2, -0.15) is 0 Å². The van der Waals surface area contributed by atoms with Crippen LogP contribution in [-0.4, -0.2) is 28.5 Å². The van der Waals surface area contributed by atoms with Crippen LogP contribution in [0.1, 0.15) is 24.6 Å². The lowest BCUT2D eigenvalue weighted by molar-refractivity contribution is -0.134. The fraction of sp³-hybridized carbons (Fsp3) is 0.261. The molecule has 0 atom stereocenters. The standard InChI is InChI=1S/C23H24Cl2N2O2/c1-2-12-27(23(28)17-29-22-10-8-19(24)9-11-22)16-21-7-4-13-26(21)15-18-5-3-6-20(25)14-18/h3-11,13-14H,2,12,15-17H2,1H3. The number of rotatable bonds is 9. The van der Waals surface area contributed by atoms with Gasteiger partial charge in [0, 0.05) is 35.0 Å². The van der Waals surface area contributed by atoms with Crippen LogP contribution in [0.4, 0.5) is 0 Å². The molecule has 0 saturated carbocycles. The predicted molar refractivity (Wildman–Crippen MR) is 118 cm³/mol. The Morgan fingerprint density at radius 3 is 2.55 bits per heavy atom. The van der Waals surface area contributed by atoms with Gasteiger partial charge in [-0.1, -0.05) is 42.3 Å². The summed E-state index contributed by atoms with van der Waals surface area (Å²) >= 11 is 12.0. The summed E-state index contributed by atoms with van der Waals surface area (Å²) in [5.41, 5.74) is 2.19. The molecule has 0 aliphatic carbocycles. The summed E-state index contributed by atoms with van der Waals surface area (Å²) in [5, 5.41) is 1.36. The number of benzene rings is 2. The molecule has 0 aliphatic heterocycles. The van der Waals surface area contributed by atoms with Crippen molar-refractivity contribution >= 4 is 29.1 Å². The van der Waals surface area contributed by atoms with Crippen LogP contribution >= 0.6 is 23.2 Å². The molecule has 1 aromatic heterocycles. The molecule has 1 heterocycles. The monoisotopic (exact) mass is 430 g/mol. The van der Waals surface area contributed by atoms with Crippen molar-refractivity contribution in [2.45, 2.75) is 26.4 Å². The Labute approximate surface area is 181 Å². The SMILES string of the molecule is CCCN(Cc1cccn1Cc1cccc(Cl)c1)C(=O)COc1ccc(Cl)cc1. The smallest absolute Gasteiger partial charge is 0.260 e. The van der Waals surface area contributed by atoms with Gasteiger partial charge in [-0.05, 0) is 60.5 Å². The van der Waals surface area contributed by atoms with Gasteiger partial charge >= 0.3 is 0 Å². The first kappa shape index (κ1) is 21.3. The second-order valence-corrected chi connectivity index (χ2v) is 7.69. The highest BCUT2D eigenvalue weighted by molar-refractivity contribution is 6.30. The average Bonchev–Trinajstić information content (AvgIpc) is 3.13. The van der Waals surface area contributed by atoms with Crippen molar-refractivity contribution in [3.8, 4) is 5.75 Å². The summed E-state index contributed by atoms with van der Waals surface area (Å²) in [7, 11) is 0. The first-order valence-electron chi connectivity index (χ1n) is 9.59. The van der Waals surface area contributed by atoms with E-state index < -0.39 is 0 Å². The van der Waals surface area contributed by atoms with E-state index >= 15 is 0 Å². The van der Waals surface area contributed by atoms with E-state index in [9.17, 15) is 4.79 Å². The van der Waals surface area contributed by atoms with Gasteiger partial charge in [0.25, 0.3) is 5.91 Å². The van der Waals surface area contributed by atoms with E-state index in [2.05, 4.69) is 11.5 Å². The van der Waals surface area contributed by atoms with E-state index in [4.69, 9.17) is 27.9 Å². The fourth-order valence-electron chi connectivity index (χ4n) is 3.10. The van der Waals surface area contributed by atoms with E-state index in [0.29, 0.717) is 30.4 Å². The highest BCUT2D eigenvalue weighted by Crippen LogP contribution is 2.17. The molecule has 152 valence electrons. The maximum absolute atomic E-state index is 12.8. The molecule has 0 unspecified atom stereocenters. The lowest BCUT2D eigenvalue weighted by Crippen LogP contribution is -2.35. The van der Waals surface area contributed by atoms with Gasteiger partial charge in [-0.15, -0.1) is 0 Å². The van der Waals surface area contributed by atoms with Gasteiger partial charge in [0.05, 0.1) is 6.54 Å². The minimum Gasteiger partial charge on any atom is -0.484 e. The molecule has 6 heteroatoms. The molecular weight excluding hydrogens is 407 g/mol. The summed E-state index contributed by atoms with van der Waals surface area (Å²) in [6.45, 7) is 3.97. The van der Waals surface area contributed by atoms with E-state index in [1.165, 1.54) is 0 Å². The summed E-state index contributed by atoms with van der Waals surface area (Å²) in [6, 6.07) is 18.9. The van der Waals surface area contributed by atoms with Gasteiger partial charge in [0.1, 0.15) is 5.75 Å². The molecule has 3 rings (SSSR count). The van der Waals surface area contributed by atoms with Crippen LogP contribution in [0.2, 0.25) is 10.0 Å². The third-order valence-corrected chi connectivity index (χ3v) is 5.03. The largest absolute Gasteiger partial charge is 0.484 e. The third-order valence-electron chi connectivity index (χ3n) is 4.54. The normalized spacial score (nSPS) is 10.7. The van der Waals surface area contributed by atoms with Crippen molar-refractivity contribution in [1.82, 2.24) is 9.47 Å². The Hall–Kier alpha value is -2.43. The minimum atomic E-state index is -0.0442. The van der Waals surface area contributed by atoms with E-state index in [0.717, 1.165) is 22.7 Å². The van der Waals surface area contributed by atoms with E-state index in [1.807, 2.05) is 47.5 Å². The molecule has 0 bridgehead atoms. The van der Waals surface area contributed by atoms with Crippen LogP contribution in [0.15, 0.2) is 66.9 Å². The van der Waals surface area contributed by atoms with Crippen LogP contribution in [0.5, 0.6) is 5.75 Å². The van der Waals surface area contributed by atoms with Gasteiger partial charge in [-0.25, -0.2) is 0 Å². The second kappa shape index (κ2) is 10.4. The number of carbonyl (C=O) groups is 1. The van der Waals surface area contributed by atoms with Crippen LogP contribution in [0, 0.1) is 0 Å². The van der Waals surface area contributed by atoms with Crippen LogP contribution in [0.25, 0.3) is 0 Å². The molecule has 0 N–H and O–H groups in total. The van der Waals surface area contributed by atoms with Crippen LogP contribution in [-0.2, 0) is 17.9 Å². The Kier molecular flexibility index (Phi) is 7.62. The van der Waals surface area contributed by atoms with Crippen molar-refractivity contribution in [3.63, 3.8) is 0 Å². The first-order chi connectivity index (χ1) is 14.0. The lowest BCUT2D eigenvalue weighted by atomic mass is 10.2. The maximum atomic E-state index is 12.8. The van der Waals surface area contributed by atoms with E-state index in [1.54, 1.807) is 24.3 Å². The van der Waals surface area contributed by atoms with Crippen molar-refractivity contribution in [3.05, 3.63) is 88.2 Å². The third kappa shape index (κ3) is 6.28. The molecule has 0 radical (unpaired) electrons. The molecule has 29 heavy (non-hydrogen) atoms. The van der Waals surface area contributed by atoms with E-state index in [-0.39, 0.29) is 12.5 Å².